The van der Waals surface area contributed by atoms with Crippen LogP contribution in [0, 0.1) is 5.82 Å². The molecule has 0 spiro atoms. The van der Waals surface area contributed by atoms with Gasteiger partial charge in [-0.3, -0.25) is 4.68 Å². The Morgan fingerprint density at radius 1 is 1.00 bits per heavy atom. The summed E-state index contributed by atoms with van der Waals surface area (Å²) in [5, 5.41) is 15.5. The molecule has 5 rings (SSSR count). The van der Waals surface area contributed by atoms with Gasteiger partial charge in [0.1, 0.15) is 5.82 Å². The van der Waals surface area contributed by atoms with Crippen LogP contribution in [0.5, 0.6) is 0 Å². The van der Waals surface area contributed by atoms with Crippen molar-refractivity contribution in [2.45, 2.75) is 56.1 Å². The first-order valence-corrected chi connectivity index (χ1v) is 17.3. The lowest BCUT2D eigenvalue weighted by Crippen LogP contribution is -2.37. The third-order valence-corrected chi connectivity index (χ3v) is 10.5. The van der Waals surface area contributed by atoms with Crippen molar-refractivity contribution >= 4 is 20.0 Å². The van der Waals surface area contributed by atoms with Gasteiger partial charge in [0, 0.05) is 49.4 Å². The quantitative estimate of drug-likeness (QED) is 0.321. The number of fused-ring (bicyclic) bond motifs is 1. The van der Waals surface area contributed by atoms with Gasteiger partial charge in [0.2, 0.25) is 20.0 Å². The number of nitrogens with one attached hydrogen (secondary N) is 1. The van der Waals surface area contributed by atoms with Crippen LogP contribution in [-0.2, 0) is 52.3 Å². The summed E-state index contributed by atoms with van der Waals surface area (Å²) in [6.07, 6.45) is -2.12. The number of aliphatic hydroxyl groups is 1. The minimum absolute atomic E-state index is 0.0563. The average molecular weight is 660 g/mol. The molecule has 1 aromatic heterocycles. The molecule has 1 saturated heterocycles. The van der Waals surface area contributed by atoms with Gasteiger partial charge in [-0.25, -0.2) is 25.9 Å². The number of hydrogen-bond donors (Lipinski definition) is 2. The Kier molecular flexibility index (Phi) is 9.22. The zero-order valence-corrected chi connectivity index (χ0v) is 25.5. The fourth-order valence-corrected chi connectivity index (χ4v) is 7.48. The van der Waals surface area contributed by atoms with Crippen LogP contribution in [0.4, 0.5) is 17.6 Å². The molecule has 2 N–H and O–H groups in total. The van der Waals surface area contributed by atoms with Gasteiger partial charge in [0.05, 0.1) is 35.1 Å². The van der Waals surface area contributed by atoms with Crippen molar-refractivity contribution < 1.29 is 39.5 Å². The van der Waals surface area contributed by atoms with E-state index in [4.69, 9.17) is 0 Å². The summed E-state index contributed by atoms with van der Waals surface area (Å²) >= 11 is 0. The molecule has 2 aromatic carbocycles. The molecule has 3 heterocycles. The SMILES string of the molecule is CS(=O)(=O)N1CCc2c(c(-c3ccc(C(F)(F)F)c(CNS(=O)(=O)c4ccc(F)cc4)c3)nn2CC(O)CN2CCCC2)C1. The fraction of sp³-hybridized carbons (Fsp3) is 0.464. The molecule has 0 radical (unpaired) electrons. The van der Waals surface area contributed by atoms with Crippen LogP contribution in [0.3, 0.4) is 0 Å². The van der Waals surface area contributed by atoms with Crippen LogP contribution < -0.4 is 4.72 Å². The molecule has 3 aromatic rings. The fourth-order valence-electron chi connectivity index (χ4n) is 5.69. The Hall–Kier alpha value is -2.89. The first-order chi connectivity index (χ1) is 20.6. The number of β-amino-alcohol motifs (C(OH)–C–C–N with tert-alkyl or cyclic N) is 1. The molecule has 1 fully saturated rings. The summed E-state index contributed by atoms with van der Waals surface area (Å²) in [7, 11) is -7.88. The van der Waals surface area contributed by atoms with E-state index < -0.39 is 50.3 Å². The zero-order chi connectivity index (χ0) is 31.9. The van der Waals surface area contributed by atoms with Crippen LogP contribution in [-0.4, -0.2) is 79.5 Å². The van der Waals surface area contributed by atoms with Crippen molar-refractivity contribution in [1.29, 1.82) is 0 Å². The highest BCUT2D eigenvalue weighted by molar-refractivity contribution is 7.89. The van der Waals surface area contributed by atoms with E-state index in [1.165, 1.54) is 16.4 Å². The smallest absolute Gasteiger partial charge is 0.390 e. The number of rotatable bonds is 10. The summed E-state index contributed by atoms with van der Waals surface area (Å²) in [5.41, 5.74) is 0.224. The molecule has 0 bridgehead atoms. The minimum Gasteiger partial charge on any atom is -0.390 e. The molecule has 240 valence electrons. The number of hydrogen-bond acceptors (Lipinski definition) is 7. The second-order valence-corrected chi connectivity index (χ2v) is 14.9. The third-order valence-electron chi connectivity index (χ3n) is 7.88. The third kappa shape index (κ3) is 7.32. The average Bonchev–Trinajstić information content (AvgIpc) is 3.58. The molecule has 0 aliphatic carbocycles. The van der Waals surface area contributed by atoms with Crippen molar-refractivity contribution in [1.82, 2.24) is 23.7 Å². The number of aromatic nitrogens is 2. The largest absolute Gasteiger partial charge is 0.416 e. The highest BCUT2D eigenvalue weighted by Gasteiger charge is 2.35. The molecule has 0 saturated carbocycles. The maximum Gasteiger partial charge on any atom is 0.416 e. The predicted octanol–water partition coefficient (Wildman–Crippen LogP) is 2.96. The Bertz CT molecular complexity index is 1720. The number of likely N-dealkylation sites (tertiary alicyclic amines) is 1. The molecule has 1 atom stereocenters. The van der Waals surface area contributed by atoms with Gasteiger partial charge in [-0.15, -0.1) is 0 Å². The standard InChI is InChI=1S/C28H33F4N5O5S2/c1-43(39,40)36-13-10-26-24(18-36)27(34-37(26)17-22(38)16-35-11-2-3-12-35)19-4-9-25(28(30,31)32)20(14-19)15-33-44(41,42)23-7-5-21(29)6-8-23/h4-9,14,22,33,38H,2-3,10-13,15-18H2,1H3. The van der Waals surface area contributed by atoms with E-state index in [1.807, 2.05) is 0 Å². The highest BCUT2D eigenvalue weighted by atomic mass is 32.2. The normalized spacial score (nSPS) is 17.6. The van der Waals surface area contributed by atoms with E-state index in [-0.39, 0.29) is 47.8 Å². The topological polar surface area (TPSA) is 125 Å². The van der Waals surface area contributed by atoms with Crippen molar-refractivity contribution in [3.8, 4) is 11.3 Å². The van der Waals surface area contributed by atoms with Gasteiger partial charge in [0.15, 0.2) is 0 Å². The summed E-state index contributed by atoms with van der Waals surface area (Å²) < 4.78 is 111. The maximum atomic E-state index is 14.0. The molecule has 16 heteroatoms. The zero-order valence-electron chi connectivity index (χ0n) is 23.9. The van der Waals surface area contributed by atoms with E-state index in [1.54, 1.807) is 4.68 Å². The van der Waals surface area contributed by atoms with Crippen LogP contribution >= 0.6 is 0 Å². The summed E-state index contributed by atoms with van der Waals surface area (Å²) in [5.74, 6) is -0.670. The molecule has 10 nitrogen and oxygen atoms in total. The Morgan fingerprint density at radius 3 is 2.32 bits per heavy atom. The van der Waals surface area contributed by atoms with Crippen LogP contribution in [0.25, 0.3) is 11.3 Å². The maximum absolute atomic E-state index is 14.0. The lowest BCUT2D eigenvalue weighted by molar-refractivity contribution is -0.138. The van der Waals surface area contributed by atoms with Crippen molar-refractivity contribution in [2.75, 3.05) is 32.4 Å². The van der Waals surface area contributed by atoms with Gasteiger partial charge < -0.3 is 10.0 Å². The number of nitrogens with zero attached hydrogens (tertiary/aromatic N) is 4. The molecule has 44 heavy (non-hydrogen) atoms. The number of halogens is 4. The van der Waals surface area contributed by atoms with E-state index in [0.717, 1.165) is 62.5 Å². The Labute approximate surface area is 253 Å². The predicted molar refractivity (Wildman–Crippen MR) is 154 cm³/mol. The molecular weight excluding hydrogens is 626 g/mol. The van der Waals surface area contributed by atoms with Crippen LogP contribution in [0.1, 0.15) is 35.2 Å². The first-order valence-electron chi connectivity index (χ1n) is 14.0. The second kappa shape index (κ2) is 12.5. The molecular formula is C28H33F4N5O5S2. The first kappa shape index (κ1) is 32.5. The van der Waals surface area contributed by atoms with Crippen molar-refractivity contribution in [3.63, 3.8) is 0 Å². The van der Waals surface area contributed by atoms with E-state index in [0.29, 0.717) is 17.8 Å². The summed E-state index contributed by atoms with van der Waals surface area (Å²) in [4.78, 5) is 1.83. The van der Waals surface area contributed by atoms with Gasteiger partial charge in [0.25, 0.3) is 0 Å². The number of benzene rings is 2. The second-order valence-electron chi connectivity index (χ2n) is 11.1. The molecule has 1 unspecified atom stereocenters. The van der Waals surface area contributed by atoms with Gasteiger partial charge in [-0.2, -0.15) is 22.6 Å². The van der Waals surface area contributed by atoms with Crippen molar-refractivity contribution in [2.24, 2.45) is 0 Å². The van der Waals surface area contributed by atoms with Crippen LogP contribution in [0.2, 0.25) is 0 Å². The molecule has 2 aliphatic heterocycles. The lowest BCUT2D eigenvalue weighted by atomic mass is 9.97. The van der Waals surface area contributed by atoms with Gasteiger partial charge in [-0.1, -0.05) is 6.07 Å². The lowest BCUT2D eigenvalue weighted by Gasteiger charge is -2.26. The Morgan fingerprint density at radius 2 is 1.68 bits per heavy atom. The number of sulfonamides is 2. The Balaban J connectivity index is 1.51. The van der Waals surface area contributed by atoms with Gasteiger partial charge in [-0.05, 0) is 67.9 Å². The molecule has 0 amide bonds. The highest BCUT2D eigenvalue weighted by Crippen LogP contribution is 2.37. The summed E-state index contributed by atoms with van der Waals surface area (Å²) in [6, 6.07) is 7.10. The number of aliphatic hydroxyl groups excluding tert-OH is 1. The van der Waals surface area contributed by atoms with Gasteiger partial charge >= 0.3 is 6.18 Å². The van der Waals surface area contributed by atoms with E-state index in [2.05, 4.69) is 14.7 Å². The van der Waals surface area contributed by atoms with E-state index >= 15 is 0 Å². The van der Waals surface area contributed by atoms with E-state index in [9.17, 15) is 39.5 Å². The van der Waals surface area contributed by atoms with Crippen LogP contribution in [0.15, 0.2) is 47.4 Å². The minimum atomic E-state index is -4.80. The summed E-state index contributed by atoms with van der Waals surface area (Å²) in [6.45, 7) is 1.70. The number of alkyl halides is 3. The van der Waals surface area contributed by atoms with Crippen molar-refractivity contribution in [3.05, 3.63) is 70.7 Å². The monoisotopic (exact) mass is 659 g/mol. The molecule has 2 aliphatic rings.